The standard InChI is InChI=1S/C24H28N2O3/c27-22(19-10-15-29-21-9-4-1-6-18(21)16-19)25-14-12-24(17-25)11-5-13-26(23(24)28)20-7-2-3-8-20/h1,4,6,9-10,15-16,20H,2-3,5,7-8,11-14,17H2. The van der Waals surface area contributed by atoms with Crippen molar-refractivity contribution in [2.24, 2.45) is 5.41 Å². The zero-order valence-corrected chi connectivity index (χ0v) is 16.8. The molecule has 2 saturated heterocycles. The van der Waals surface area contributed by atoms with E-state index in [2.05, 4.69) is 4.90 Å². The number of amides is 2. The van der Waals surface area contributed by atoms with E-state index in [0.717, 1.165) is 50.0 Å². The van der Waals surface area contributed by atoms with Gasteiger partial charge in [-0.3, -0.25) is 9.59 Å². The van der Waals surface area contributed by atoms with Gasteiger partial charge in [0.25, 0.3) is 5.91 Å². The first kappa shape index (κ1) is 18.5. The maximum atomic E-state index is 13.4. The van der Waals surface area contributed by atoms with Crippen LogP contribution >= 0.6 is 0 Å². The van der Waals surface area contributed by atoms with Gasteiger partial charge in [0.15, 0.2) is 0 Å². The summed E-state index contributed by atoms with van der Waals surface area (Å²) in [6.45, 7) is 2.08. The number of rotatable bonds is 2. The second kappa shape index (κ2) is 7.36. The maximum Gasteiger partial charge on any atom is 0.254 e. The molecule has 1 saturated carbocycles. The lowest BCUT2D eigenvalue weighted by Crippen LogP contribution is -2.53. The van der Waals surface area contributed by atoms with Crippen LogP contribution in [0.3, 0.4) is 0 Å². The first-order valence-corrected chi connectivity index (χ1v) is 10.9. The van der Waals surface area contributed by atoms with E-state index >= 15 is 0 Å². The molecule has 3 heterocycles. The number of piperidine rings is 1. The fourth-order valence-corrected chi connectivity index (χ4v) is 5.51. The lowest BCUT2D eigenvalue weighted by Gasteiger charge is -2.42. The number of likely N-dealkylation sites (tertiary alicyclic amines) is 2. The fraction of sp³-hybridized carbons (Fsp3) is 0.500. The van der Waals surface area contributed by atoms with Crippen molar-refractivity contribution in [2.75, 3.05) is 19.6 Å². The number of fused-ring (bicyclic) bond motifs is 1. The molecule has 29 heavy (non-hydrogen) atoms. The Morgan fingerprint density at radius 3 is 2.76 bits per heavy atom. The van der Waals surface area contributed by atoms with E-state index in [1.165, 1.54) is 12.8 Å². The zero-order chi connectivity index (χ0) is 19.8. The molecule has 0 radical (unpaired) electrons. The number of nitrogens with zero attached hydrogens (tertiary/aromatic N) is 2. The van der Waals surface area contributed by atoms with Crippen LogP contribution < -0.4 is 4.74 Å². The van der Waals surface area contributed by atoms with Gasteiger partial charge in [0.2, 0.25) is 5.91 Å². The molecule has 2 amide bonds. The fourth-order valence-electron chi connectivity index (χ4n) is 5.51. The largest absolute Gasteiger partial charge is 0.464 e. The molecule has 1 atom stereocenters. The minimum absolute atomic E-state index is 0.00998. The average Bonchev–Trinajstić information content (AvgIpc) is 3.36. The summed E-state index contributed by atoms with van der Waals surface area (Å²) in [5.41, 5.74) is 1.14. The molecule has 0 aromatic heterocycles. The number of carbonyl (C=O) groups is 2. The third-order valence-electron chi connectivity index (χ3n) is 7.09. The van der Waals surface area contributed by atoms with Gasteiger partial charge in [0.1, 0.15) is 5.75 Å². The maximum absolute atomic E-state index is 13.4. The smallest absolute Gasteiger partial charge is 0.254 e. The summed E-state index contributed by atoms with van der Waals surface area (Å²) in [6.07, 6.45) is 12.7. The second-order valence-electron chi connectivity index (χ2n) is 8.86. The van der Waals surface area contributed by atoms with Crippen molar-refractivity contribution in [2.45, 2.75) is 51.0 Å². The van der Waals surface area contributed by atoms with Crippen molar-refractivity contribution in [3.8, 4) is 5.75 Å². The molecule has 1 aromatic rings. The molecule has 4 aliphatic rings. The molecular formula is C24H28N2O3. The van der Waals surface area contributed by atoms with Gasteiger partial charge in [-0.25, -0.2) is 0 Å². The van der Waals surface area contributed by atoms with Crippen LogP contribution in [0, 0.1) is 5.41 Å². The van der Waals surface area contributed by atoms with E-state index in [1.807, 2.05) is 35.2 Å². The number of benzene rings is 1. The summed E-state index contributed by atoms with van der Waals surface area (Å²) >= 11 is 0. The lowest BCUT2D eigenvalue weighted by atomic mass is 9.77. The molecule has 5 heteroatoms. The van der Waals surface area contributed by atoms with E-state index in [1.54, 1.807) is 12.3 Å². The van der Waals surface area contributed by atoms with Crippen molar-refractivity contribution in [3.05, 3.63) is 47.7 Å². The molecule has 5 nitrogen and oxygen atoms in total. The Hall–Kier alpha value is -2.56. The highest BCUT2D eigenvalue weighted by Gasteiger charge is 2.50. The molecule has 1 aromatic carbocycles. The van der Waals surface area contributed by atoms with E-state index < -0.39 is 0 Å². The molecule has 1 spiro atoms. The van der Waals surface area contributed by atoms with Crippen LogP contribution in [0.5, 0.6) is 5.75 Å². The van der Waals surface area contributed by atoms with Gasteiger partial charge in [-0.05, 0) is 50.3 Å². The van der Waals surface area contributed by atoms with Crippen molar-refractivity contribution in [1.82, 2.24) is 9.80 Å². The molecule has 0 N–H and O–H groups in total. The van der Waals surface area contributed by atoms with Crippen LogP contribution in [0.4, 0.5) is 0 Å². The highest BCUT2D eigenvalue weighted by molar-refractivity contribution is 6.01. The van der Waals surface area contributed by atoms with Crippen molar-refractivity contribution >= 4 is 17.9 Å². The Balaban J connectivity index is 1.34. The third-order valence-corrected chi connectivity index (χ3v) is 7.09. The van der Waals surface area contributed by atoms with Crippen molar-refractivity contribution in [1.29, 1.82) is 0 Å². The minimum Gasteiger partial charge on any atom is -0.464 e. The Labute approximate surface area is 172 Å². The predicted octanol–water partition coefficient (Wildman–Crippen LogP) is 3.76. The Kier molecular flexibility index (Phi) is 4.69. The van der Waals surface area contributed by atoms with Gasteiger partial charge in [-0.2, -0.15) is 0 Å². The van der Waals surface area contributed by atoms with Crippen LogP contribution in [-0.4, -0.2) is 47.3 Å². The number of hydrogen-bond acceptors (Lipinski definition) is 3. The average molecular weight is 392 g/mol. The summed E-state index contributed by atoms with van der Waals surface area (Å²) in [5.74, 6) is 1.04. The van der Waals surface area contributed by atoms with E-state index in [9.17, 15) is 9.59 Å². The summed E-state index contributed by atoms with van der Waals surface area (Å²) < 4.78 is 5.63. The van der Waals surface area contributed by atoms with Crippen molar-refractivity contribution in [3.63, 3.8) is 0 Å². The highest BCUT2D eigenvalue weighted by atomic mass is 16.5. The van der Waals surface area contributed by atoms with Crippen LogP contribution in [-0.2, 0) is 9.59 Å². The quantitative estimate of drug-likeness (QED) is 0.770. The normalized spacial score (nSPS) is 27.0. The topological polar surface area (TPSA) is 49.9 Å². The van der Waals surface area contributed by atoms with Gasteiger partial charge in [-0.15, -0.1) is 0 Å². The summed E-state index contributed by atoms with van der Waals surface area (Å²) in [4.78, 5) is 30.7. The van der Waals surface area contributed by atoms with E-state index in [0.29, 0.717) is 30.6 Å². The molecule has 3 aliphatic heterocycles. The molecule has 5 rings (SSSR count). The second-order valence-corrected chi connectivity index (χ2v) is 8.86. The van der Waals surface area contributed by atoms with Gasteiger partial charge >= 0.3 is 0 Å². The summed E-state index contributed by atoms with van der Waals surface area (Å²) in [5, 5.41) is 0. The van der Waals surface area contributed by atoms with Crippen LogP contribution in [0.2, 0.25) is 0 Å². The van der Waals surface area contributed by atoms with Crippen molar-refractivity contribution < 1.29 is 14.3 Å². The molecule has 1 unspecified atom stereocenters. The minimum atomic E-state index is -0.375. The Morgan fingerprint density at radius 1 is 1.07 bits per heavy atom. The van der Waals surface area contributed by atoms with Gasteiger partial charge in [0.05, 0.1) is 11.7 Å². The van der Waals surface area contributed by atoms with Gasteiger partial charge in [-0.1, -0.05) is 31.0 Å². The number of para-hydroxylation sites is 1. The SMILES string of the molecule is O=C(C1=Cc2ccccc2OC=C1)N1CCC2(CCCN(C3CCCC3)C2=O)C1. The Bertz CT molecular complexity index is 884. The first-order chi connectivity index (χ1) is 14.2. The monoisotopic (exact) mass is 392 g/mol. The molecule has 1 aliphatic carbocycles. The molecule has 3 fully saturated rings. The van der Waals surface area contributed by atoms with Crippen LogP contribution in [0.1, 0.15) is 50.5 Å². The molecular weight excluding hydrogens is 364 g/mol. The van der Waals surface area contributed by atoms with Gasteiger partial charge in [0, 0.05) is 36.8 Å². The van der Waals surface area contributed by atoms with Crippen LogP contribution in [0.25, 0.3) is 6.08 Å². The van der Waals surface area contributed by atoms with E-state index in [4.69, 9.17) is 4.74 Å². The lowest BCUT2D eigenvalue weighted by molar-refractivity contribution is -0.148. The van der Waals surface area contributed by atoms with Gasteiger partial charge < -0.3 is 14.5 Å². The molecule has 0 bridgehead atoms. The van der Waals surface area contributed by atoms with Crippen LogP contribution in [0.15, 0.2) is 42.2 Å². The highest BCUT2D eigenvalue weighted by Crippen LogP contribution is 2.42. The summed E-state index contributed by atoms with van der Waals surface area (Å²) in [6, 6.07) is 8.13. The Morgan fingerprint density at radius 2 is 1.90 bits per heavy atom. The zero-order valence-electron chi connectivity index (χ0n) is 16.8. The first-order valence-electron chi connectivity index (χ1n) is 10.9. The number of hydrogen-bond donors (Lipinski definition) is 0. The predicted molar refractivity (Wildman–Crippen MR) is 111 cm³/mol. The summed E-state index contributed by atoms with van der Waals surface area (Å²) in [7, 11) is 0. The number of carbonyl (C=O) groups excluding carboxylic acids is 2. The third kappa shape index (κ3) is 3.26. The molecule has 152 valence electrons. The van der Waals surface area contributed by atoms with E-state index in [-0.39, 0.29) is 11.3 Å². The number of ether oxygens (including phenoxy) is 1.